The van der Waals surface area contributed by atoms with Gasteiger partial charge in [-0.25, -0.2) is 8.42 Å². The SMILES string of the molecule is O=C(NC[C@H]1CCCO1)c1cc(-c2ccccc2)n([C@@H]2CCS(=O)(=O)C2)n1. The molecular formula is C19H23N3O4S. The monoisotopic (exact) mass is 389 g/mol. The van der Waals surface area contributed by atoms with Gasteiger partial charge in [0.1, 0.15) is 0 Å². The molecule has 1 aromatic carbocycles. The largest absolute Gasteiger partial charge is 0.376 e. The number of carbonyl (C=O) groups excluding carboxylic acids is 1. The number of hydrogen-bond acceptors (Lipinski definition) is 5. The Morgan fingerprint density at radius 3 is 2.74 bits per heavy atom. The molecule has 8 heteroatoms. The van der Waals surface area contributed by atoms with Crippen LogP contribution in [0.3, 0.4) is 0 Å². The molecule has 2 atom stereocenters. The molecule has 4 rings (SSSR count). The number of hydrogen-bond donors (Lipinski definition) is 1. The smallest absolute Gasteiger partial charge is 0.271 e. The standard InChI is InChI=1S/C19H23N3O4S/c23-19(20-12-16-7-4-9-26-16)17-11-18(14-5-2-1-3-6-14)22(21-17)15-8-10-27(24,25)13-15/h1-3,5-6,11,15-16H,4,7-10,12-13H2,(H,20,23)/t15-,16-/m1/s1. The van der Waals surface area contributed by atoms with Crippen LogP contribution in [-0.2, 0) is 14.6 Å². The Hall–Kier alpha value is -2.19. The Balaban J connectivity index is 1.60. The topological polar surface area (TPSA) is 90.3 Å². The number of aromatic nitrogens is 2. The van der Waals surface area contributed by atoms with Gasteiger partial charge in [-0.05, 0) is 30.9 Å². The van der Waals surface area contributed by atoms with Crippen LogP contribution < -0.4 is 5.32 Å². The zero-order chi connectivity index (χ0) is 18.9. The minimum atomic E-state index is -3.05. The number of nitrogens with zero attached hydrogens (tertiary/aromatic N) is 2. The summed E-state index contributed by atoms with van der Waals surface area (Å²) in [4.78, 5) is 12.6. The molecule has 1 aromatic heterocycles. The summed E-state index contributed by atoms with van der Waals surface area (Å²) in [5.74, 6) is -0.0417. The van der Waals surface area contributed by atoms with Crippen molar-refractivity contribution in [3.8, 4) is 11.3 Å². The van der Waals surface area contributed by atoms with E-state index < -0.39 is 9.84 Å². The molecule has 2 aromatic rings. The van der Waals surface area contributed by atoms with Crippen LogP contribution in [0.15, 0.2) is 36.4 Å². The average Bonchev–Trinajstić information content (AvgIpc) is 3.39. The van der Waals surface area contributed by atoms with Crippen molar-refractivity contribution in [2.75, 3.05) is 24.7 Å². The number of ether oxygens (including phenoxy) is 1. The third-order valence-corrected chi connectivity index (χ3v) is 6.86. The van der Waals surface area contributed by atoms with E-state index in [-0.39, 0.29) is 29.6 Å². The first-order chi connectivity index (χ1) is 13.0. The molecule has 1 amide bonds. The first-order valence-corrected chi connectivity index (χ1v) is 11.1. The quantitative estimate of drug-likeness (QED) is 0.842. The van der Waals surface area contributed by atoms with Crippen LogP contribution in [0.1, 0.15) is 35.8 Å². The van der Waals surface area contributed by atoms with Gasteiger partial charge in [-0.2, -0.15) is 5.10 Å². The van der Waals surface area contributed by atoms with Crippen LogP contribution in [0.25, 0.3) is 11.3 Å². The summed E-state index contributed by atoms with van der Waals surface area (Å²) in [6, 6.07) is 11.1. The fraction of sp³-hybridized carbons (Fsp3) is 0.474. The molecule has 0 aliphatic carbocycles. The van der Waals surface area contributed by atoms with Gasteiger partial charge in [0.05, 0.1) is 29.3 Å². The number of rotatable bonds is 5. The van der Waals surface area contributed by atoms with E-state index in [1.807, 2.05) is 30.3 Å². The zero-order valence-corrected chi connectivity index (χ0v) is 15.8. The summed E-state index contributed by atoms with van der Waals surface area (Å²) < 4.78 is 31.1. The molecule has 2 fully saturated rings. The molecule has 2 saturated heterocycles. The highest BCUT2D eigenvalue weighted by Crippen LogP contribution is 2.30. The van der Waals surface area contributed by atoms with E-state index in [0.29, 0.717) is 18.7 Å². The lowest BCUT2D eigenvalue weighted by Crippen LogP contribution is -2.32. The third-order valence-electron chi connectivity index (χ3n) is 5.11. The van der Waals surface area contributed by atoms with E-state index in [9.17, 15) is 13.2 Å². The average molecular weight is 389 g/mol. The van der Waals surface area contributed by atoms with Crippen molar-refractivity contribution in [3.63, 3.8) is 0 Å². The van der Waals surface area contributed by atoms with Gasteiger partial charge in [-0.3, -0.25) is 9.48 Å². The lowest BCUT2D eigenvalue weighted by atomic mass is 10.1. The van der Waals surface area contributed by atoms with Gasteiger partial charge in [0, 0.05) is 13.2 Å². The van der Waals surface area contributed by atoms with Crippen LogP contribution in [-0.4, -0.2) is 54.9 Å². The highest BCUT2D eigenvalue weighted by atomic mass is 32.2. The lowest BCUT2D eigenvalue weighted by molar-refractivity contribution is 0.0853. The molecule has 0 saturated carbocycles. The van der Waals surface area contributed by atoms with Crippen LogP contribution in [0.4, 0.5) is 0 Å². The van der Waals surface area contributed by atoms with E-state index in [0.717, 1.165) is 30.7 Å². The lowest BCUT2D eigenvalue weighted by Gasteiger charge is -2.13. The molecule has 2 aliphatic heterocycles. The van der Waals surface area contributed by atoms with E-state index in [1.54, 1.807) is 10.7 Å². The number of amides is 1. The summed E-state index contributed by atoms with van der Waals surface area (Å²) in [6.07, 6.45) is 2.54. The van der Waals surface area contributed by atoms with Crippen molar-refractivity contribution in [3.05, 3.63) is 42.1 Å². The molecule has 0 radical (unpaired) electrons. The maximum atomic E-state index is 12.6. The predicted octanol–water partition coefficient (Wildman–Crippen LogP) is 1.82. The first kappa shape index (κ1) is 18.2. The number of sulfone groups is 1. The van der Waals surface area contributed by atoms with Crippen molar-refractivity contribution < 1.29 is 17.9 Å². The van der Waals surface area contributed by atoms with E-state index in [1.165, 1.54) is 0 Å². The summed E-state index contributed by atoms with van der Waals surface area (Å²) in [6.45, 7) is 1.20. The summed E-state index contributed by atoms with van der Waals surface area (Å²) in [7, 11) is -3.05. The van der Waals surface area contributed by atoms with Gasteiger partial charge in [0.15, 0.2) is 15.5 Å². The van der Waals surface area contributed by atoms with E-state index in [4.69, 9.17) is 4.74 Å². The molecule has 7 nitrogen and oxygen atoms in total. The van der Waals surface area contributed by atoms with Gasteiger partial charge < -0.3 is 10.1 Å². The van der Waals surface area contributed by atoms with E-state index in [2.05, 4.69) is 10.4 Å². The van der Waals surface area contributed by atoms with Crippen molar-refractivity contribution >= 4 is 15.7 Å². The molecule has 0 bridgehead atoms. The van der Waals surface area contributed by atoms with Crippen molar-refractivity contribution in [2.24, 2.45) is 0 Å². The van der Waals surface area contributed by atoms with Crippen molar-refractivity contribution in [1.82, 2.24) is 15.1 Å². The third kappa shape index (κ3) is 4.06. The van der Waals surface area contributed by atoms with Crippen LogP contribution in [0, 0.1) is 0 Å². The van der Waals surface area contributed by atoms with E-state index >= 15 is 0 Å². The normalized spacial score (nSPS) is 24.1. The molecule has 3 heterocycles. The Morgan fingerprint density at radius 2 is 2.07 bits per heavy atom. The highest BCUT2D eigenvalue weighted by molar-refractivity contribution is 7.91. The number of benzene rings is 1. The highest BCUT2D eigenvalue weighted by Gasteiger charge is 2.32. The number of nitrogens with one attached hydrogen (secondary N) is 1. The Labute approximate surface area is 158 Å². The molecule has 1 N–H and O–H groups in total. The number of carbonyl (C=O) groups is 1. The molecule has 2 aliphatic rings. The fourth-order valence-corrected chi connectivity index (χ4v) is 5.37. The molecular weight excluding hydrogens is 366 g/mol. The van der Waals surface area contributed by atoms with Crippen LogP contribution >= 0.6 is 0 Å². The van der Waals surface area contributed by atoms with Gasteiger partial charge in [0.2, 0.25) is 0 Å². The maximum absolute atomic E-state index is 12.6. The summed E-state index contributed by atoms with van der Waals surface area (Å²) in [5, 5.41) is 7.36. The second-order valence-corrected chi connectivity index (χ2v) is 9.36. The minimum Gasteiger partial charge on any atom is -0.376 e. The minimum absolute atomic E-state index is 0.0598. The summed E-state index contributed by atoms with van der Waals surface area (Å²) in [5.41, 5.74) is 1.98. The Kier molecular flexibility index (Phi) is 5.01. The maximum Gasteiger partial charge on any atom is 0.271 e. The second-order valence-electron chi connectivity index (χ2n) is 7.13. The molecule has 0 unspecified atom stereocenters. The Bertz CT molecular complexity index is 918. The predicted molar refractivity (Wildman–Crippen MR) is 101 cm³/mol. The van der Waals surface area contributed by atoms with Gasteiger partial charge in [-0.1, -0.05) is 30.3 Å². The van der Waals surface area contributed by atoms with Crippen LogP contribution in [0.2, 0.25) is 0 Å². The first-order valence-electron chi connectivity index (χ1n) is 9.27. The van der Waals surface area contributed by atoms with Crippen molar-refractivity contribution in [1.29, 1.82) is 0 Å². The molecule has 27 heavy (non-hydrogen) atoms. The van der Waals surface area contributed by atoms with Crippen molar-refractivity contribution in [2.45, 2.75) is 31.4 Å². The van der Waals surface area contributed by atoms with Crippen LogP contribution in [0.5, 0.6) is 0 Å². The molecule has 0 spiro atoms. The zero-order valence-electron chi connectivity index (χ0n) is 15.0. The van der Waals surface area contributed by atoms with Gasteiger partial charge >= 0.3 is 0 Å². The fourth-order valence-electron chi connectivity index (χ4n) is 3.68. The van der Waals surface area contributed by atoms with Gasteiger partial charge in [0.25, 0.3) is 5.91 Å². The summed E-state index contributed by atoms with van der Waals surface area (Å²) >= 11 is 0. The van der Waals surface area contributed by atoms with Gasteiger partial charge in [-0.15, -0.1) is 0 Å². The second kappa shape index (κ2) is 7.44. The Morgan fingerprint density at radius 1 is 1.26 bits per heavy atom. The molecule has 144 valence electrons.